The number of anilines is 1. The van der Waals surface area contributed by atoms with Gasteiger partial charge in [0.2, 0.25) is 5.88 Å². The van der Waals surface area contributed by atoms with E-state index in [1.165, 1.54) is 6.20 Å². The third kappa shape index (κ3) is 3.51. The molecule has 3 N–H and O–H groups in total. The predicted molar refractivity (Wildman–Crippen MR) is 117 cm³/mol. The molecular weight excluding hydrogens is 416 g/mol. The Morgan fingerprint density at radius 3 is 2.94 bits per heavy atom. The van der Waals surface area contributed by atoms with Crippen molar-refractivity contribution in [3.8, 4) is 5.88 Å². The number of urea groups is 1. The minimum Gasteiger partial charge on any atom is -0.477 e. The van der Waals surface area contributed by atoms with Gasteiger partial charge in [-0.2, -0.15) is 5.10 Å². The second-order valence-electron chi connectivity index (χ2n) is 9.16. The minimum absolute atomic E-state index is 0.0297. The van der Waals surface area contributed by atoms with Crippen molar-refractivity contribution in [2.75, 3.05) is 11.9 Å². The normalized spacial score (nSPS) is 20.6. The highest BCUT2D eigenvalue weighted by Gasteiger charge is 2.36. The highest BCUT2D eigenvalue weighted by molar-refractivity contribution is 7.91. The average molecular weight is 445 g/mol. The molecule has 2 amide bonds. The summed E-state index contributed by atoms with van der Waals surface area (Å²) in [5.74, 6) is 0.342. The third-order valence-corrected chi connectivity index (χ3v) is 7.84. The average Bonchev–Trinajstić information content (AvgIpc) is 3.36. The number of ether oxygens (including phenoxy) is 1. The van der Waals surface area contributed by atoms with Crippen LogP contribution in [0.4, 0.5) is 10.5 Å². The van der Waals surface area contributed by atoms with Crippen LogP contribution in [0.15, 0.2) is 15.5 Å². The molecule has 10 heteroatoms. The molecule has 166 valence electrons. The van der Waals surface area contributed by atoms with E-state index in [1.54, 1.807) is 4.68 Å². The molecule has 3 heterocycles. The summed E-state index contributed by atoms with van der Waals surface area (Å²) >= 11 is 0. The maximum atomic E-state index is 13.2. The van der Waals surface area contributed by atoms with Gasteiger partial charge in [-0.3, -0.25) is 4.98 Å². The molecule has 0 spiro atoms. The lowest BCUT2D eigenvalue weighted by atomic mass is 9.90. The number of fused-ring (bicyclic) bond motifs is 3. The van der Waals surface area contributed by atoms with Gasteiger partial charge in [-0.1, -0.05) is 13.8 Å². The van der Waals surface area contributed by atoms with E-state index in [4.69, 9.17) is 14.9 Å². The molecule has 3 aliphatic rings. The molecule has 31 heavy (non-hydrogen) atoms. The van der Waals surface area contributed by atoms with Gasteiger partial charge in [-0.25, -0.2) is 18.8 Å². The molecule has 2 aliphatic carbocycles. The largest absolute Gasteiger partial charge is 0.477 e. The number of hydrogen-bond acceptors (Lipinski definition) is 5. The lowest BCUT2D eigenvalue weighted by molar-refractivity contribution is 0.260. The zero-order valence-corrected chi connectivity index (χ0v) is 18.8. The lowest BCUT2D eigenvalue weighted by Crippen LogP contribution is -2.20. The number of hydrogen-bond donors (Lipinski definition) is 2. The molecule has 0 saturated heterocycles. The summed E-state index contributed by atoms with van der Waals surface area (Å²) in [6, 6.07) is -0.715. The molecule has 0 fully saturated rings. The van der Waals surface area contributed by atoms with Gasteiger partial charge in [0.05, 0.1) is 24.2 Å². The monoisotopic (exact) mass is 444 g/mol. The topological polar surface area (TPSA) is 124 Å². The fourth-order valence-electron chi connectivity index (χ4n) is 4.83. The van der Waals surface area contributed by atoms with Crippen molar-refractivity contribution in [2.24, 2.45) is 9.50 Å². The van der Waals surface area contributed by atoms with Crippen molar-refractivity contribution in [3.05, 3.63) is 28.7 Å². The Morgan fingerprint density at radius 2 is 2.10 bits per heavy atom. The molecule has 0 radical (unpaired) electrons. The number of aromatic nitrogens is 3. The van der Waals surface area contributed by atoms with Crippen LogP contribution in [-0.2, 0) is 41.1 Å². The first-order chi connectivity index (χ1) is 14.8. The zero-order valence-electron chi connectivity index (χ0n) is 17.9. The first-order valence-corrected chi connectivity index (χ1v) is 12.4. The number of nitrogens with zero attached hydrogens (tertiary/aromatic N) is 4. The quantitative estimate of drug-likeness (QED) is 0.736. The summed E-state index contributed by atoms with van der Waals surface area (Å²) in [5, 5.41) is 13.2. The Hall–Kier alpha value is -2.46. The van der Waals surface area contributed by atoms with E-state index in [0.717, 1.165) is 73.1 Å². The zero-order chi connectivity index (χ0) is 21.8. The minimum atomic E-state index is -3.51. The predicted octanol–water partition coefficient (Wildman–Crippen LogP) is 3.10. The Balaban J connectivity index is 1.50. The summed E-state index contributed by atoms with van der Waals surface area (Å²) in [6.07, 6.45) is 7.80. The molecule has 0 aromatic carbocycles. The van der Waals surface area contributed by atoms with Gasteiger partial charge < -0.3 is 10.1 Å². The number of rotatable bonds is 2. The Labute approximate surface area is 182 Å². The molecular formula is C21H28N6O3S. The van der Waals surface area contributed by atoms with E-state index < -0.39 is 15.9 Å². The number of pyridine rings is 1. The van der Waals surface area contributed by atoms with Crippen molar-refractivity contribution in [1.29, 1.82) is 0 Å². The summed E-state index contributed by atoms with van der Waals surface area (Å²) < 4.78 is 24.4. The SMILES string of the molecule is CC1(C)CCc2c1nc1c(c2NC(=O)N=S(N)(=O)c2cnn3c2OCCCC3)CCC1. The second-order valence-corrected chi connectivity index (χ2v) is 10.9. The Morgan fingerprint density at radius 1 is 1.26 bits per heavy atom. The van der Waals surface area contributed by atoms with Gasteiger partial charge in [-0.05, 0) is 56.1 Å². The van der Waals surface area contributed by atoms with Gasteiger partial charge in [0, 0.05) is 17.7 Å². The molecule has 5 rings (SSSR count). The molecule has 2 aromatic rings. The van der Waals surface area contributed by atoms with Gasteiger partial charge in [0.15, 0.2) is 9.92 Å². The van der Waals surface area contributed by atoms with E-state index in [0.29, 0.717) is 19.0 Å². The summed E-state index contributed by atoms with van der Waals surface area (Å²) in [7, 11) is -3.51. The van der Waals surface area contributed by atoms with Crippen molar-refractivity contribution in [1.82, 2.24) is 14.8 Å². The number of carbonyl (C=O) groups excluding carboxylic acids is 1. The van der Waals surface area contributed by atoms with Crippen LogP contribution in [-0.4, -0.2) is 31.6 Å². The van der Waals surface area contributed by atoms with E-state index in [-0.39, 0.29) is 10.3 Å². The van der Waals surface area contributed by atoms with Crippen LogP contribution in [0.25, 0.3) is 0 Å². The van der Waals surface area contributed by atoms with Crippen LogP contribution in [0.5, 0.6) is 5.88 Å². The van der Waals surface area contributed by atoms with Crippen molar-refractivity contribution < 1.29 is 13.7 Å². The van der Waals surface area contributed by atoms with Crippen molar-refractivity contribution in [3.63, 3.8) is 0 Å². The van der Waals surface area contributed by atoms with Gasteiger partial charge in [0.25, 0.3) is 0 Å². The second kappa shape index (κ2) is 7.30. The van der Waals surface area contributed by atoms with Crippen molar-refractivity contribution in [2.45, 2.75) is 75.6 Å². The molecule has 0 saturated carbocycles. The van der Waals surface area contributed by atoms with Crippen molar-refractivity contribution >= 4 is 21.6 Å². The number of amides is 2. The van der Waals surface area contributed by atoms with E-state index >= 15 is 0 Å². The fourth-order valence-corrected chi connectivity index (χ4v) is 5.83. The van der Waals surface area contributed by atoms with Gasteiger partial charge >= 0.3 is 6.03 Å². The maximum absolute atomic E-state index is 13.2. The Bertz CT molecular complexity index is 1190. The molecule has 0 bridgehead atoms. The van der Waals surface area contributed by atoms with Crippen LogP contribution < -0.4 is 15.2 Å². The number of carbonyl (C=O) groups is 1. The fraction of sp³-hybridized carbons (Fsp3) is 0.571. The molecule has 2 aromatic heterocycles. The molecule has 1 atom stereocenters. The highest BCUT2D eigenvalue weighted by Crippen LogP contribution is 2.44. The van der Waals surface area contributed by atoms with Crippen LogP contribution in [0.3, 0.4) is 0 Å². The van der Waals surface area contributed by atoms with Crippen LogP contribution >= 0.6 is 0 Å². The first kappa shape index (κ1) is 20.4. The van der Waals surface area contributed by atoms with Crippen LogP contribution in [0.2, 0.25) is 0 Å². The number of nitrogens with one attached hydrogen (secondary N) is 1. The van der Waals surface area contributed by atoms with E-state index in [1.807, 2.05) is 0 Å². The maximum Gasteiger partial charge on any atom is 0.354 e. The smallest absolute Gasteiger partial charge is 0.354 e. The summed E-state index contributed by atoms with van der Waals surface area (Å²) in [5.41, 5.74) is 5.00. The molecule has 9 nitrogen and oxygen atoms in total. The summed E-state index contributed by atoms with van der Waals surface area (Å²) in [4.78, 5) is 18.0. The van der Waals surface area contributed by atoms with Gasteiger partial charge in [-0.15, -0.1) is 4.36 Å². The third-order valence-electron chi connectivity index (χ3n) is 6.49. The number of nitrogens with two attached hydrogens (primary N) is 1. The Kier molecular flexibility index (Phi) is 4.82. The molecule has 1 unspecified atom stereocenters. The van der Waals surface area contributed by atoms with Gasteiger partial charge in [0.1, 0.15) is 4.90 Å². The van der Waals surface area contributed by atoms with E-state index in [2.05, 4.69) is 28.6 Å². The molecule has 1 aliphatic heterocycles. The standard InChI is InChI=1S/C21H28N6O3S/c1-21(2)9-8-14-17(13-6-5-7-15(13)24-18(14)21)25-20(28)26-31(22,29)16-12-23-27-10-3-4-11-30-19(16)27/h12H,3-11H2,1-2H3,(H3,22,24,25,26,28,29). The lowest BCUT2D eigenvalue weighted by Gasteiger charge is -2.20. The summed E-state index contributed by atoms with van der Waals surface area (Å²) in [6.45, 7) is 5.51. The first-order valence-electron chi connectivity index (χ1n) is 10.9. The van der Waals surface area contributed by atoms with Crippen LogP contribution in [0, 0.1) is 0 Å². The van der Waals surface area contributed by atoms with Crippen LogP contribution in [0.1, 0.15) is 62.0 Å². The van der Waals surface area contributed by atoms with E-state index in [9.17, 15) is 9.00 Å². The highest BCUT2D eigenvalue weighted by atomic mass is 32.2. The number of aryl methyl sites for hydroxylation is 2.